The van der Waals surface area contributed by atoms with E-state index in [2.05, 4.69) is 179 Å². The van der Waals surface area contributed by atoms with Crippen molar-refractivity contribution in [2.45, 2.75) is 0 Å². The second-order valence-electron chi connectivity index (χ2n) is 15.3. The van der Waals surface area contributed by atoms with Crippen LogP contribution in [-0.4, -0.2) is 9.13 Å². The van der Waals surface area contributed by atoms with Crippen molar-refractivity contribution < 1.29 is 8.83 Å². The lowest BCUT2D eigenvalue weighted by Crippen LogP contribution is -1.95. The predicted octanol–water partition coefficient (Wildman–Crippen LogP) is 15.0. The van der Waals surface area contributed by atoms with Crippen LogP contribution < -0.4 is 0 Å². The lowest BCUT2D eigenvalue weighted by Gasteiger charge is -2.11. The quantitative estimate of drug-likeness (QED) is 0.180. The Morgan fingerprint density at radius 2 is 0.638 bits per heavy atom. The van der Waals surface area contributed by atoms with Crippen LogP contribution in [0.25, 0.3) is 121 Å². The van der Waals surface area contributed by atoms with Crippen LogP contribution in [0.4, 0.5) is 0 Å². The fraction of sp³-hybridized carbons (Fsp3) is 0. The maximum atomic E-state index is 6.19. The predicted molar refractivity (Wildman–Crippen MR) is 241 cm³/mol. The molecule has 0 aliphatic rings. The molecule has 0 fully saturated rings. The number of para-hydroxylation sites is 4. The van der Waals surface area contributed by atoms with Gasteiger partial charge in [-0.05, 0) is 113 Å². The second kappa shape index (κ2) is 11.8. The van der Waals surface area contributed by atoms with Gasteiger partial charge in [-0.1, -0.05) is 103 Å². The molecule has 0 saturated carbocycles. The molecule has 4 nitrogen and oxygen atoms in total. The van der Waals surface area contributed by atoms with E-state index >= 15 is 0 Å². The average molecular weight is 741 g/mol. The van der Waals surface area contributed by atoms with Gasteiger partial charge in [-0.2, -0.15) is 0 Å². The number of furan rings is 2. The maximum absolute atomic E-state index is 6.19. The highest BCUT2D eigenvalue weighted by atomic mass is 16.3. The molecule has 0 aliphatic heterocycles. The van der Waals surface area contributed by atoms with E-state index in [1.165, 1.54) is 65.9 Å². The Kier molecular flexibility index (Phi) is 6.41. The van der Waals surface area contributed by atoms with E-state index in [4.69, 9.17) is 8.83 Å². The van der Waals surface area contributed by atoms with Gasteiger partial charge in [0.1, 0.15) is 22.3 Å². The standard InChI is InChI=1S/C54H32N2O2/c1-5-16-47-39(12-1)43-29-35(33-10-9-11-34(28-33)36-21-26-53-45(30-36)41-14-3-7-18-51(41)57-53)20-24-49(43)55(47)37-22-25-50-44(31-37)40-13-2-6-17-48(40)56(50)38-23-27-54-46(32-38)42-15-4-8-19-52(42)58-54/h1-32H. The molecule has 4 heteroatoms. The maximum Gasteiger partial charge on any atom is 0.135 e. The lowest BCUT2D eigenvalue weighted by molar-refractivity contribution is 0.668. The summed E-state index contributed by atoms with van der Waals surface area (Å²) in [4.78, 5) is 0. The molecule has 58 heavy (non-hydrogen) atoms. The first kappa shape index (κ1) is 31.4. The Labute approximate surface area is 332 Å². The van der Waals surface area contributed by atoms with Crippen LogP contribution in [0.5, 0.6) is 0 Å². The molecular formula is C54H32N2O2. The number of aromatic nitrogens is 2. The normalized spacial score (nSPS) is 12.1. The van der Waals surface area contributed by atoms with Crippen LogP contribution in [0.1, 0.15) is 0 Å². The SMILES string of the molecule is c1cc(-c2ccc3oc4ccccc4c3c2)cc(-c2ccc3c(c2)c2ccccc2n3-c2ccc3c(c2)c2ccccc2n3-c2ccc3oc4ccccc4c3c2)c1. The van der Waals surface area contributed by atoms with Gasteiger partial charge in [-0.15, -0.1) is 0 Å². The summed E-state index contributed by atoms with van der Waals surface area (Å²) in [5.74, 6) is 0. The number of benzene rings is 9. The van der Waals surface area contributed by atoms with E-state index in [1.807, 2.05) is 24.3 Å². The van der Waals surface area contributed by atoms with Crippen molar-refractivity contribution in [1.29, 1.82) is 0 Å². The molecule has 4 aromatic heterocycles. The number of rotatable bonds is 4. The van der Waals surface area contributed by atoms with Gasteiger partial charge in [0.15, 0.2) is 0 Å². The van der Waals surface area contributed by atoms with Crippen molar-refractivity contribution in [1.82, 2.24) is 9.13 Å². The average Bonchev–Trinajstić information content (AvgIpc) is 4.03. The van der Waals surface area contributed by atoms with Gasteiger partial charge in [-0.3, -0.25) is 0 Å². The van der Waals surface area contributed by atoms with Gasteiger partial charge in [0.2, 0.25) is 0 Å². The van der Waals surface area contributed by atoms with Gasteiger partial charge in [-0.25, -0.2) is 0 Å². The Balaban J connectivity index is 0.947. The summed E-state index contributed by atoms with van der Waals surface area (Å²) in [6.07, 6.45) is 0. The molecule has 0 unspecified atom stereocenters. The third-order valence-electron chi connectivity index (χ3n) is 12.1. The van der Waals surface area contributed by atoms with Gasteiger partial charge in [0.25, 0.3) is 0 Å². The summed E-state index contributed by atoms with van der Waals surface area (Å²) in [5, 5.41) is 9.43. The highest BCUT2D eigenvalue weighted by molar-refractivity contribution is 6.14. The van der Waals surface area contributed by atoms with Crippen LogP contribution in [0.3, 0.4) is 0 Å². The van der Waals surface area contributed by atoms with Gasteiger partial charge < -0.3 is 18.0 Å². The third-order valence-corrected chi connectivity index (χ3v) is 12.1. The molecule has 0 bridgehead atoms. The first-order valence-corrected chi connectivity index (χ1v) is 19.7. The van der Waals surface area contributed by atoms with E-state index < -0.39 is 0 Å². The molecule has 0 atom stereocenters. The minimum Gasteiger partial charge on any atom is -0.456 e. The summed E-state index contributed by atoms with van der Waals surface area (Å²) in [5.41, 5.74) is 15.3. The molecule has 4 heterocycles. The molecule has 9 aromatic carbocycles. The first-order chi connectivity index (χ1) is 28.7. The summed E-state index contributed by atoms with van der Waals surface area (Å²) in [7, 11) is 0. The van der Waals surface area contributed by atoms with Crippen LogP contribution in [0, 0.1) is 0 Å². The van der Waals surface area contributed by atoms with Crippen molar-refractivity contribution in [3.05, 3.63) is 194 Å². The van der Waals surface area contributed by atoms with Gasteiger partial charge in [0.05, 0.1) is 22.1 Å². The summed E-state index contributed by atoms with van der Waals surface area (Å²) in [6, 6.07) is 69.8. The lowest BCUT2D eigenvalue weighted by atomic mass is 9.97. The molecule has 0 N–H and O–H groups in total. The Hall–Kier alpha value is -7.82. The van der Waals surface area contributed by atoms with Crippen LogP contribution in [-0.2, 0) is 0 Å². The molecule has 270 valence electrons. The minimum absolute atomic E-state index is 0.899. The molecule has 13 rings (SSSR count). The second-order valence-corrected chi connectivity index (χ2v) is 15.3. The van der Waals surface area contributed by atoms with Crippen LogP contribution >= 0.6 is 0 Å². The molecule has 0 spiro atoms. The summed E-state index contributed by atoms with van der Waals surface area (Å²) >= 11 is 0. The van der Waals surface area contributed by atoms with Crippen molar-refractivity contribution in [3.63, 3.8) is 0 Å². The topological polar surface area (TPSA) is 36.1 Å². The first-order valence-electron chi connectivity index (χ1n) is 19.7. The zero-order valence-electron chi connectivity index (χ0n) is 31.2. The minimum atomic E-state index is 0.899. The number of hydrogen-bond acceptors (Lipinski definition) is 2. The zero-order chi connectivity index (χ0) is 37.9. The number of nitrogens with zero attached hydrogens (tertiary/aromatic N) is 2. The number of hydrogen-bond donors (Lipinski definition) is 0. The fourth-order valence-corrected chi connectivity index (χ4v) is 9.45. The molecule has 0 amide bonds. The molecule has 0 saturated heterocycles. The third kappa shape index (κ3) is 4.51. The van der Waals surface area contributed by atoms with Crippen LogP contribution in [0.15, 0.2) is 203 Å². The van der Waals surface area contributed by atoms with E-state index in [0.29, 0.717) is 0 Å². The Morgan fingerprint density at radius 1 is 0.241 bits per heavy atom. The fourth-order valence-electron chi connectivity index (χ4n) is 9.45. The van der Waals surface area contributed by atoms with E-state index in [9.17, 15) is 0 Å². The van der Waals surface area contributed by atoms with Gasteiger partial charge in [0, 0.05) is 54.5 Å². The molecular weight excluding hydrogens is 709 g/mol. The highest BCUT2D eigenvalue weighted by Crippen LogP contribution is 2.40. The highest BCUT2D eigenvalue weighted by Gasteiger charge is 2.18. The molecule has 0 radical (unpaired) electrons. The van der Waals surface area contributed by atoms with Crippen molar-refractivity contribution in [3.8, 4) is 33.6 Å². The van der Waals surface area contributed by atoms with Crippen molar-refractivity contribution >= 4 is 87.5 Å². The molecule has 13 aromatic rings. The van der Waals surface area contributed by atoms with Gasteiger partial charge >= 0.3 is 0 Å². The monoisotopic (exact) mass is 740 g/mol. The summed E-state index contributed by atoms with van der Waals surface area (Å²) < 4.78 is 17.1. The Morgan fingerprint density at radius 3 is 1.28 bits per heavy atom. The van der Waals surface area contributed by atoms with Crippen molar-refractivity contribution in [2.24, 2.45) is 0 Å². The van der Waals surface area contributed by atoms with E-state index in [1.54, 1.807) is 0 Å². The largest absolute Gasteiger partial charge is 0.456 e. The smallest absolute Gasteiger partial charge is 0.135 e. The van der Waals surface area contributed by atoms with E-state index in [0.717, 1.165) is 55.3 Å². The van der Waals surface area contributed by atoms with Crippen LogP contribution in [0.2, 0.25) is 0 Å². The molecule has 0 aliphatic carbocycles. The summed E-state index contributed by atoms with van der Waals surface area (Å²) in [6.45, 7) is 0. The van der Waals surface area contributed by atoms with E-state index in [-0.39, 0.29) is 0 Å². The van der Waals surface area contributed by atoms with Crippen molar-refractivity contribution in [2.75, 3.05) is 0 Å². The number of fused-ring (bicyclic) bond motifs is 12. The zero-order valence-corrected chi connectivity index (χ0v) is 31.2. The Bertz CT molecular complexity index is 3820.